The van der Waals surface area contributed by atoms with Crippen molar-refractivity contribution in [1.82, 2.24) is 0 Å². The third-order valence-corrected chi connectivity index (χ3v) is 3.69. The van der Waals surface area contributed by atoms with E-state index in [-0.39, 0.29) is 5.56 Å². The third kappa shape index (κ3) is 2.10. The standard InChI is InChI=1S/C16H12ClNO2/c1-9-7-11(17)5-6-12(9)14-8-10-3-2-4-13(16(19)20)15(10)18-14/h2-7H,8H2,1H3,(H,19,20). The van der Waals surface area contributed by atoms with E-state index in [2.05, 4.69) is 4.99 Å². The number of rotatable bonds is 2. The second kappa shape index (κ2) is 4.76. The van der Waals surface area contributed by atoms with Crippen LogP contribution in [0.4, 0.5) is 5.69 Å². The maximum atomic E-state index is 11.2. The Hall–Kier alpha value is -2.13. The Balaban J connectivity index is 2.09. The van der Waals surface area contributed by atoms with Gasteiger partial charge in [0, 0.05) is 11.4 Å². The van der Waals surface area contributed by atoms with Crippen molar-refractivity contribution in [3.05, 3.63) is 63.7 Å². The van der Waals surface area contributed by atoms with Crippen LogP contribution in [0.25, 0.3) is 0 Å². The molecule has 0 saturated heterocycles. The van der Waals surface area contributed by atoms with Crippen LogP contribution in [0.1, 0.15) is 27.0 Å². The van der Waals surface area contributed by atoms with Gasteiger partial charge in [0.15, 0.2) is 0 Å². The highest BCUT2D eigenvalue weighted by atomic mass is 35.5. The van der Waals surface area contributed by atoms with Gasteiger partial charge in [0.25, 0.3) is 0 Å². The number of aryl methyl sites for hydroxylation is 1. The number of nitrogens with zero attached hydrogens (tertiary/aromatic N) is 1. The van der Waals surface area contributed by atoms with Crippen LogP contribution in [-0.4, -0.2) is 16.8 Å². The second-order valence-corrected chi connectivity index (χ2v) is 5.25. The van der Waals surface area contributed by atoms with E-state index in [1.807, 2.05) is 31.2 Å². The number of carboxylic acid groups (broad SMARTS) is 1. The molecule has 2 aromatic rings. The minimum Gasteiger partial charge on any atom is -0.478 e. The Morgan fingerprint density at radius 2 is 2.10 bits per heavy atom. The summed E-state index contributed by atoms with van der Waals surface area (Å²) < 4.78 is 0. The van der Waals surface area contributed by atoms with Gasteiger partial charge in [-0.1, -0.05) is 29.8 Å². The summed E-state index contributed by atoms with van der Waals surface area (Å²) in [6.07, 6.45) is 0.652. The third-order valence-electron chi connectivity index (χ3n) is 3.45. The Morgan fingerprint density at radius 3 is 2.80 bits per heavy atom. The molecule has 4 heteroatoms. The fourth-order valence-corrected chi connectivity index (χ4v) is 2.73. The molecule has 2 aromatic carbocycles. The average Bonchev–Trinajstić information content (AvgIpc) is 2.81. The molecule has 1 aliphatic heterocycles. The van der Waals surface area contributed by atoms with Crippen LogP contribution >= 0.6 is 11.6 Å². The molecule has 0 bridgehead atoms. The number of hydrogen-bond acceptors (Lipinski definition) is 2. The molecule has 0 radical (unpaired) electrons. The van der Waals surface area contributed by atoms with E-state index in [1.54, 1.807) is 12.1 Å². The molecule has 0 aliphatic carbocycles. The number of para-hydroxylation sites is 1. The van der Waals surface area contributed by atoms with E-state index in [9.17, 15) is 9.90 Å². The van der Waals surface area contributed by atoms with E-state index in [4.69, 9.17) is 11.6 Å². The highest BCUT2D eigenvalue weighted by Gasteiger charge is 2.22. The lowest BCUT2D eigenvalue weighted by Gasteiger charge is -2.05. The number of benzene rings is 2. The van der Waals surface area contributed by atoms with Gasteiger partial charge in [-0.25, -0.2) is 4.79 Å². The van der Waals surface area contributed by atoms with Crippen molar-refractivity contribution in [1.29, 1.82) is 0 Å². The Bertz CT molecular complexity index is 750. The second-order valence-electron chi connectivity index (χ2n) is 4.81. The molecule has 0 unspecified atom stereocenters. The first-order valence-electron chi connectivity index (χ1n) is 6.25. The first kappa shape index (κ1) is 12.9. The van der Waals surface area contributed by atoms with Gasteiger partial charge in [0.1, 0.15) is 0 Å². The molecule has 3 nitrogen and oxygen atoms in total. The molecule has 20 heavy (non-hydrogen) atoms. The number of hydrogen-bond donors (Lipinski definition) is 1. The lowest BCUT2D eigenvalue weighted by molar-refractivity contribution is 0.0698. The van der Waals surface area contributed by atoms with Crippen molar-refractivity contribution in [2.75, 3.05) is 0 Å². The molecule has 0 saturated carbocycles. The molecule has 1 N–H and O–H groups in total. The van der Waals surface area contributed by atoms with Crippen LogP contribution in [0.5, 0.6) is 0 Å². The molecular formula is C16H12ClNO2. The van der Waals surface area contributed by atoms with Gasteiger partial charge in [-0.05, 0) is 41.8 Å². The number of carboxylic acids is 1. The molecule has 100 valence electrons. The predicted octanol–water partition coefficient (Wildman–Crippen LogP) is 4.02. The largest absolute Gasteiger partial charge is 0.478 e. The summed E-state index contributed by atoms with van der Waals surface area (Å²) in [5, 5.41) is 9.90. The first-order chi connectivity index (χ1) is 9.56. The zero-order valence-electron chi connectivity index (χ0n) is 10.9. The average molecular weight is 286 g/mol. The first-order valence-corrected chi connectivity index (χ1v) is 6.63. The fraction of sp³-hybridized carbons (Fsp3) is 0.125. The summed E-state index contributed by atoms with van der Waals surface area (Å²) in [4.78, 5) is 15.8. The van der Waals surface area contributed by atoms with Crippen LogP contribution in [0, 0.1) is 6.92 Å². The molecule has 1 heterocycles. The van der Waals surface area contributed by atoms with Crippen LogP contribution in [0.15, 0.2) is 41.4 Å². The van der Waals surface area contributed by atoms with E-state index in [0.29, 0.717) is 17.1 Å². The van der Waals surface area contributed by atoms with Gasteiger partial charge in [0.05, 0.1) is 17.0 Å². The highest BCUT2D eigenvalue weighted by Crippen LogP contribution is 2.33. The number of aliphatic imine (C=N–C) groups is 1. The molecule has 3 rings (SSSR count). The topological polar surface area (TPSA) is 49.7 Å². The Morgan fingerprint density at radius 1 is 1.30 bits per heavy atom. The molecular weight excluding hydrogens is 274 g/mol. The summed E-state index contributed by atoms with van der Waals surface area (Å²) in [6.45, 7) is 1.98. The van der Waals surface area contributed by atoms with Gasteiger partial charge >= 0.3 is 5.97 Å². The van der Waals surface area contributed by atoms with Crippen LogP contribution in [0.2, 0.25) is 5.02 Å². The summed E-state index contributed by atoms with van der Waals surface area (Å²) >= 11 is 5.96. The SMILES string of the molecule is Cc1cc(Cl)ccc1C1=Nc2c(cccc2C(=O)O)C1. The number of halogens is 1. The van der Waals surface area contributed by atoms with E-state index < -0.39 is 5.97 Å². The molecule has 0 fully saturated rings. The van der Waals surface area contributed by atoms with Crippen molar-refractivity contribution in [3.63, 3.8) is 0 Å². The van der Waals surface area contributed by atoms with Crippen molar-refractivity contribution in [3.8, 4) is 0 Å². The van der Waals surface area contributed by atoms with Gasteiger partial charge in [-0.3, -0.25) is 4.99 Å². The Kier molecular flexibility index (Phi) is 3.07. The van der Waals surface area contributed by atoms with Crippen molar-refractivity contribution in [2.45, 2.75) is 13.3 Å². The Labute approximate surface area is 121 Å². The van der Waals surface area contributed by atoms with Gasteiger partial charge < -0.3 is 5.11 Å². The molecule has 1 aliphatic rings. The van der Waals surface area contributed by atoms with Gasteiger partial charge in [0.2, 0.25) is 0 Å². The van der Waals surface area contributed by atoms with Gasteiger partial charge in [-0.15, -0.1) is 0 Å². The summed E-state index contributed by atoms with van der Waals surface area (Å²) in [7, 11) is 0. The van der Waals surface area contributed by atoms with E-state index >= 15 is 0 Å². The minimum absolute atomic E-state index is 0.254. The van der Waals surface area contributed by atoms with Crippen LogP contribution in [-0.2, 0) is 6.42 Å². The van der Waals surface area contributed by atoms with E-state index in [0.717, 1.165) is 22.4 Å². The lowest BCUT2D eigenvalue weighted by atomic mass is 9.99. The smallest absolute Gasteiger partial charge is 0.337 e. The van der Waals surface area contributed by atoms with Crippen LogP contribution in [0.3, 0.4) is 0 Å². The minimum atomic E-state index is -0.945. The number of aromatic carboxylic acids is 1. The van der Waals surface area contributed by atoms with Crippen LogP contribution < -0.4 is 0 Å². The summed E-state index contributed by atoms with van der Waals surface area (Å²) in [5.41, 5.74) is 4.73. The molecule has 0 atom stereocenters. The van der Waals surface area contributed by atoms with Crippen molar-refractivity contribution in [2.24, 2.45) is 4.99 Å². The maximum Gasteiger partial charge on any atom is 0.337 e. The molecule has 0 spiro atoms. The zero-order valence-corrected chi connectivity index (χ0v) is 11.6. The monoisotopic (exact) mass is 285 g/mol. The summed E-state index contributed by atoms with van der Waals surface area (Å²) in [6, 6.07) is 10.9. The summed E-state index contributed by atoms with van der Waals surface area (Å²) in [5.74, 6) is -0.945. The molecule has 0 aromatic heterocycles. The highest BCUT2D eigenvalue weighted by molar-refractivity contribution is 6.30. The van der Waals surface area contributed by atoms with Crippen molar-refractivity contribution >= 4 is 29.0 Å². The lowest BCUT2D eigenvalue weighted by Crippen LogP contribution is -2.02. The predicted molar refractivity (Wildman–Crippen MR) is 79.5 cm³/mol. The maximum absolute atomic E-state index is 11.2. The van der Waals surface area contributed by atoms with Gasteiger partial charge in [-0.2, -0.15) is 0 Å². The number of fused-ring (bicyclic) bond motifs is 1. The molecule has 0 amide bonds. The zero-order chi connectivity index (χ0) is 14.3. The van der Waals surface area contributed by atoms with E-state index in [1.165, 1.54) is 0 Å². The number of carbonyl (C=O) groups is 1. The normalized spacial score (nSPS) is 13.0. The van der Waals surface area contributed by atoms with Crippen molar-refractivity contribution < 1.29 is 9.90 Å². The quantitative estimate of drug-likeness (QED) is 0.906. The fourth-order valence-electron chi connectivity index (χ4n) is 2.50.